The molecular formula is C14H16BrN3. The molecule has 1 aliphatic rings. The number of benzene rings is 1. The average molecular weight is 306 g/mol. The van der Waals surface area contributed by atoms with Crippen LogP contribution in [0.4, 0.5) is 5.82 Å². The summed E-state index contributed by atoms with van der Waals surface area (Å²) in [4.78, 5) is 0. The third-order valence-corrected chi connectivity index (χ3v) is 4.39. The first kappa shape index (κ1) is 11.8. The van der Waals surface area contributed by atoms with E-state index in [1.807, 2.05) is 6.07 Å². The van der Waals surface area contributed by atoms with E-state index < -0.39 is 0 Å². The maximum atomic E-state index is 5.63. The van der Waals surface area contributed by atoms with Crippen LogP contribution < -0.4 is 5.73 Å². The lowest BCUT2D eigenvalue weighted by Crippen LogP contribution is -1.94. The molecule has 1 aromatic carbocycles. The summed E-state index contributed by atoms with van der Waals surface area (Å²) in [6.07, 6.45) is 5.34. The van der Waals surface area contributed by atoms with Gasteiger partial charge in [-0.25, -0.2) is 0 Å². The fourth-order valence-corrected chi connectivity index (χ4v) is 3.45. The normalized spacial score (nSPS) is 16.3. The van der Waals surface area contributed by atoms with Crippen molar-refractivity contribution in [3.05, 3.63) is 34.3 Å². The molecule has 3 nitrogen and oxygen atoms in total. The van der Waals surface area contributed by atoms with E-state index in [0.29, 0.717) is 5.82 Å². The molecule has 0 atom stereocenters. The second kappa shape index (κ2) is 4.76. The van der Waals surface area contributed by atoms with Crippen LogP contribution in [0.15, 0.2) is 28.7 Å². The summed E-state index contributed by atoms with van der Waals surface area (Å²) < 4.78 is 1.19. The third-order valence-electron chi connectivity index (χ3n) is 3.70. The Morgan fingerprint density at radius 2 is 2.00 bits per heavy atom. The van der Waals surface area contributed by atoms with Crippen LogP contribution in [0.2, 0.25) is 0 Å². The van der Waals surface area contributed by atoms with Crippen molar-refractivity contribution in [3.63, 3.8) is 0 Å². The van der Waals surface area contributed by atoms with Crippen molar-refractivity contribution in [3.8, 4) is 11.3 Å². The highest BCUT2D eigenvalue weighted by atomic mass is 79.9. The molecule has 0 bridgehead atoms. The van der Waals surface area contributed by atoms with Gasteiger partial charge in [0.15, 0.2) is 0 Å². The Balaban J connectivity index is 1.93. The summed E-state index contributed by atoms with van der Waals surface area (Å²) >= 11 is 3.70. The number of aromatic nitrogens is 2. The fourth-order valence-electron chi connectivity index (χ4n) is 2.75. The van der Waals surface area contributed by atoms with Crippen LogP contribution in [0.5, 0.6) is 0 Å². The van der Waals surface area contributed by atoms with E-state index in [-0.39, 0.29) is 0 Å². The highest BCUT2D eigenvalue weighted by Crippen LogP contribution is 2.38. The van der Waals surface area contributed by atoms with Gasteiger partial charge in [0.2, 0.25) is 0 Å². The molecule has 0 aliphatic heterocycles. The first-order valence-electron chi connectivity index (χ1n) is 6.35. The number of nitrogens with zero attached hydrogens (tertiary/aromatic N) is 1. The summed E-state index contributed by atoms with van der Waals surface area (Å²) in [5.41, 5.74) is 9.15. The summed E-state index contributed by atoms with van der Waals surface area (Å²) in [5, 5.41) is 6.90. The van der Waals surface area contributed by atoms with E-state index in [0.717, 1.165) is 17.2 Å². The summed E-state index contributed by atoms with van der Waals surface area (Å²) in [6, 6.07) is 8.38. The zero-order chi connectivity index (χ0) is 12.5. The Morgan fingerprint density at radius 1 is 1.22 bits per heavy atom. The molecule has 4 heteroatoms. The minimum absolute atomic E-state index is 0.529. The Bertz CT molecular complexity index is 556. The van der Waals surface area contributed by atoms with Gasteiger partial charge in [0.25, 0.3) is 0 Å². The van der Waals surface area contributed by atoms with Gasteiger partial charge in [0.05, 0.1) is 5.69 Å². The first-order valence-corrected chi connectivity index (χ1v) is 7.14. The first-order chi connectivity index (χ1) is 8.74. The van der Waals surface area contributed by atoms with Gasteiger partial charge in [-0.3, -0.25) is 5.10 Å². The molecule has 1 saturated carbocycles. The van der Waals surface area contributed by atoms with Gasteiger partial charge in [-0.05, 0) is 30.4 Å². The quantitative estimate of drug-likeness (QED) is 0.878. The minimum Gasteiger partial charge on any atom is -0.382 e. The third kappa shape index (κ3) is 2.17. The largest absolute Gasteiger partial charge is 0.382 e. The molecule has 2 aromatic rings. The van der Waals surface area contributed by atoms with E-state index in [1.165, 1.54) is 35.7 Å². The van der Waals surface area contributed by atoms with Gasteiger partial charge in [-0.1, -0.05) is 40.9 Å². The van der Waals surface area contributed by atoms with Crippen LogP contribution >= 0.6 is 15.9 Å². The molecule has 0 unspecified atom stereocenters. The molecule has 3 rings (SSSR count). The number of aromatic amines is 1. The van der Waals surface area contributed by atoms with Crippen molar-refractivity contribution in [2.75, 3.05) is 5.73 Å². The highest BCUT2D eigenvalue weighted by molar-refractivity contribution is 9.10. The monoisotopic (exact) mass is 305 g/mol. The molecule has 1 heterocycles. The van der Waals surface area contributed by atoms with Crippen LogP contribution in [-0.4, -0.2) is 10.2 Å². The lowest BCUT2D eigenvalue weighted by Gasteiger charge is -2.12. The predicted octanol–water partition coefficient (Wildman–Crippen LogP) is 4.08. The molecule has 0 amide bonds. The van der Waals surface area contributed by atoms with E-state index in [9.17, 15) is 0 Å². The maximum absolute atomic E-state index is 5.63. The molecule has 0 spiro atoms. The van der Waals surface area contributed by atoms with Crippen LogP contribution in [-0.2, 0) is 0 Å². The lowest BCUT2D eigenvalue weighted by molar-refractivity contribution is 0.720. The number of nitrogens with two attached hydrogens (primary N) is 1. The highest BCUT2D eigenvalue weighted by Gasteiger charge is 2.19. The standard InChI is InChI=1S/C14H16BrN3/c15-12-7-10(13-8-14(16)18-17-13)5-6-11(12)9-3-1-2-4-9/h5-9H,1-4H2,(H3,16,17,18). The number of anilines is 1. The van der Waals surface area contributed by atoms with E-state index in [1.54, 1.807) is 0 Å². The van der Waals surface area contributed by atoms with Crippen molar-refractivity contribution in [1.29, 1.82) is 0 Å². The molecule has 0 radical (unpaired) electrons. The SMILES string of the molecule is Nc1cc(-c2ccc(C3CCCC3)c(Br)c2)[nH]n1. The van der Waals surface area contributed by atoms with Gasteiger partial charge in [0, 0.05) is 16.1 Å². The second-order valence-corrected chi connectivity index (χ2v) is 5.78. The summed E-state index contributed by atoms with van der Waals surface area (Å²) in [7, 11) is 0. The van der Waals surface area contributed by atoms with Crippen molar-refractivity contribution < 1.29 is 0 Å². The van der Waals surface area contributed by atoms with Crippen molar-refractivity contribution >= 4 is 21.7 Å². The molecular weight excluding hydrogens is 290 g/mol. The van der Waals surface area contributed by atoms with Gasteiger partial charge < -0.3 is 5.73 Å². The molecule has 94 valence electrons. The van der Waals surface area contributed by atoms with Gasteiger partial charge in [-0.2, -0.15) is 5.10 Å². The van der Waals surface area contributed by atoms with E-state index >= 15 is 0 Å². The number of H-pyrrole nitrogens is 1. The Morgan fingerprint density at radius 3 is 2.61 bits per heavy atom. The topological polar surface area (TPSA) is 54.7 Å². The van der Waals surface area contributed by atoms with Gasteiger partial charge in [0.1, 0.15) is 5.82 Å². The second-order valence-electron chi connectivity index (χ2n) is 4.92. The van der Waals surface area contributed by atoms with Crippen molar-refractivity contribution in [2.45, 2.75) is 31.6 Å². The molecule has 3 N–H and O–H groups in total. The lowest BCUT2D eigenvalue weighted by atomic mass is 9.96. The maximum Gasteiger partial charge on any atom is 0.145 e. The van der Waals surface area contributed by atoms with Crippen LogP contribution in [0, 0.1) is 0 Å². The molecule has 1 aromatic heterocycles. The van der Waals surface area contributed by atoms with Crippen LogP contribution in [0.3, 0.4) is 0 Å². The number of halogens is 1. The van der Waals surface area contributed by atoms with Crippen molar-refractivity contribution in [1.82, 2.24) is 10.2 Å². The number of hydrogen-bond donors (Lipinski definition) is 2. The van der Waals surface area contributed by atoms with E-state index in [4.69, 9.17) is 5.73 Å². The minimum atomic E-state index is 0.529. The Labute approximate surface area is 115 Å². The zero-order valence-corrected chi connectivity index (χ0v) is 11.7. The Kier molecular flexibility index (Phi) is 3.12. The molecule has 1 fully saturated rings. The van der Waals surface area contributed by atoms with Crippen LogP contribution in [0.25, 0.3) is 11.3 Å². The van der Waals surface area contributed by atoms with Crippen LogP contribution in [0.1, 0.15) is 37.2 Å². The number of rotatable bonds is 2. The molecule has 18 heavy (non-hydrogen) atoms. The number of nitrogen functional groups attached to an aromatic ring is 1. The van der Waals surface area contributed by atoms with Crippen molar-refractivity contribution in [2.24, 2.45) is 0 Å². The molecule has 0 saturated heterocycles. The van der Waals surface area contributed by atoms with Gasteiger partial charge in [-0.15, -0.1) is 0 Å². The van der Waals surface area contributed by atoms with Gasteiger partial charge >= 0.3 is 0 Å². The number of hydrogen-bond acceptors (Lipinski definition) is 2. The summed E-state index contributed by atoms with van der Waals surface area (Å²) in [5.74, 6) is 1.25. The molecule has 1 aliphatic carbocycles. The smallest absolute Gasteiger partial charge is 0.145 e. The average Bonchev–Trinajstić information content (AvgIpc) is 2.99. The summed E-state index contributed by atoms with van der Waals surface area (Å²) in [6.45, 7) is 0. The fraction of sp³-hybridized carbons (Fsp3) is 0.357. The van der Waals surface area contributed by atoms with E-state index in [2.05, 4.69) is 44.3 Å². The predicted molar refractivity (Wildman–Crippen MR) is 77.3 cm³/mol. The zero-order valence-electron chi connectivity index (χ0n) is 10.1. The Hall–Kier alpha value is -1.29. The number of nitrogens with one attached hydrogen (secondary N) is 1.